The zero-order chi connectivity index (χ0) is 13.7. The minimum Gasteiger partial charge on any atom is -0.468 e. The number of methoxy groups -OCH3 is 1. The number of carbonyl (C=O) groups is 2. The molecule has 0 N–H and O–H groups in total. The van der Waals surface area contributed by atoms with Gasteiger partial charge >= 0.3 is 5.97 Å². The third-order valence-electron chi connectivity index (χ3n) is 2.76. The Morgan fingerprint density at radius 2 is 1.78 bits per heavy atom. The molecule has 0 amide bonds. The summed E-state index contributed by atoms with van der Waals surface area (Å²) in [5.74, 6) is -1.37. The van der Waals surface area contributed by atoms with E-state index < -0.39 is 11.9 Å². The van der Waals surface area contributed by atoms with Gasteiger partial charge in [0.05, 0.1) is 7.11 Å². The van der Waals surface area contributed by atoms with Crippen molar-refractivity contribution in [2.24, 2.45) is 11.8 Å². The van der Waals surface area contributed by atoms with Crippen molar-refractivity contribution in [3.63, 3.8) is 0 Å². The van der Waals surface area contributed by atoms with Gasteiger partial charge < -0.3 is 4.74 Å². The predicted octanol–water partition coefficient (Wildman–Crippen LogP) is 2.90. The SMILES string of the molecule is COC(=O)C(C(=O)Cc1ccc(Cl)cc1)C(C)C. The van der Waals surface area contributed by atoms with Gasteiger partial charge in [-0.2, -0.15) is 0 Å². The highest BCUT2D eigenvalue weighted by Crippen LogP contribution is 2.18. The van der Waals surface area contributed by atoms with Gasteiger partial charge in [0.1, 0.15) is 5.92 Å². The molecule has 0 fully saturated rings. The number of benzene rings is 1. The molecule has 0 radical (unpaired) electrons. The topological polar surface area (TPSA) is 43.4 Å². The molecule has 3 nitrogen and oxygen atoms in total. The molecule has 1 aromatic rings. The normalized spacial score (nSPS) is 12.3. The van der Waals surface area contributed by atoms with Crippen LogP contribution in [-0.4, -0.2) is 18.9 Å². The molecule has 0 aliphatic rings. The zero-order valence-corrected chi connectivity index (χ0v) is 11.5. The van der Waals surface area contributed by atoms with Crippen molar-refractivity contribution in [3.8, 4) is 0 Å². The summed E-state index contributed by atoms with van der Waals surface area (Å²) < 4.78 is 4.67. The van der Waals surface area contributed by atoms with E-state index in [9.17, 15) is 9.59 Å². The minimum absolute atomic E-state index is 0.0720. The third-order valence-corrected chi connectivity index (χ3v) is 3.01. The fourth-order valence-corrected chi connectivity index (χ4v) is 1.94. The lowest BCUT2D eigenvalue weighted by atomic mass is 9.88. The predicted molar refractivity (Wildman–Crippen MR) is 70.5 cm³/mol. The number of hydrogen-bond donors (Lipinski definition) is 0. The van der Waals surface area contributed by atoms with Crippen LogP contribution in [0, 0.1) is 11.8 Å². The number of ether oxygens (including phenoxy) is 1. The van der Waals surface area contributed by atoms with Gasteiger partial charge in [-0.25, -0.2) is 0 Å². The summed E-state index contributed by atoms with van der Waals surface area (Å²) in [7, 11) is 1.30. The van der Waals surface area contributed by atoms with Crippen LogP contribution in [0.2, 0.25) is 5.02 Å². The van der Waals surface area contributed by atoms with Gasteiger partial charge in [-0.15, -0.1) is 0 Å². The fourth-order valence-electron chi connectivity index (χ4n) is 1.82. The molecule has 98 valence electrons. The van der Waals surface area contributed by atoms with Crippen LogP contribution in [0.5, 0.6) is 0 Å². The number of ketones is 1. The van der Waals surface area contributed by atoms with Gasteiger partial charge in [-0.1, -0.05) is 37.6 Å². The van der Waals surface area contributed by atoms with Gasteiger partial charge in [0.15, 0.2) is 5.78 Å². The molecule has 1 aromatic carbocycles. The van der Waals surface area contributed by atoms with E-state index in [4.69, 9.17) is 11.6 Å². The van der Waals surface area contributed by atoms with Gasteiger partial charge in [0.25, 0.3) is 0 Å². The van der Waals surface area contributed by atoms with Crippen LogP contribution in [-0.2, 0) is 20.7 Å². The first-order valence-corrected chi connectivity index (χ1v) is 6.18. The summed E-state index contributed by atoms with van der Waals surface area (Å²) in [5, 5.41) is 0.625. The Hall–Kier alpha value is -1.35. The molecule has 1 rings (SSSR count). The Morgan fingerprint density at radius 1 is 1.22 bits per heavy atom. The smallest absolute Gasteiger partial charge is 0.316 e. The van der Waals surface area contributed by atoms with Crippen molar-refractivity contribution in [2.45, 2.75) is 20.3 Å². The van der Waals surface area contributed by atoms with E-state index in [0.29, 0.717) is 5.02 Å². The summed E-state index contributed by atoms with van der Waals surface area (Å²) >= 11 is 5.78. The second-order valence-corrected chi connectivity index (χ2v) is 4.95. The Balaban J connectivity index is 2.79. The van der Waals surface area contributed by atoms with Crippen LogP contribution < -0.4 is 0 Å². The molecule has 1 unspecified atom stereocenters. The van der Waals surface area contributed by atoms with Gasteiger partial charge in [0.2, 0.25) is 0 Å². The average Bonchev–Trinajstić information content (AvgIpc) is 2.31. The fraction of sp³-hybridized carbons (Fsp3) is 0.429. The highest BCUT2D eigenvalue weighted by Gasteiger charge is 2.30. The lowest BCUT2D eigenvalue weighted by Gasteiger charge is -2.16. The molecule has 1 atom stereocenters. The molecule has 0 spiro atoms. The lowest BCUT2D eigenvalue weighted by Crippen LogP contribution is -2.31. The Morgan fingerprint density at radius 3 is 2.22 bits per heavy atom. The maximum atomic E-state index is 12.1. The maximum Gasteiger partial charge on any atom is 0.316 e. The number of rotatable bonds is 5. The molecule has 0 aliphatic carbocycles. The molecular weight excluding hydrogens is 252 g/mol. The maximum absolute atomic E-state index is 12.1. The molecule has 0 aromatic heterocycles. The summed E-state index contributed by atoms with van der Waals surface area (Å²) in [6, 6.07) is 7.03. The van der Waals surface area contributed by atoms with E-state index in [2.05, 4.69) is 4.74 Å². The van der Waals surface area contributed by atoms with Crippen molar-refractivity contribution in [2.75, 3.05) is 7.11 Å². The van der Waals surface area contributed by atoms with E-state index >= 15 is 0 Å². The van der Waals surface area contributed by atoms with Gasteiger partial charge in [-0.05, 0) is 23.6 Å². The Bertz CT molecular complexity index is 423. The number of Topliss-reactive ketones (excluding diaryl/α,β-unsaturated/α-hetero) is 1. The molecule has 0 aliphatic heterocycles. The molecule has 0 bridgehead atoms. The van der Waals surface area contributed by atoms with Crippen LogP contribution in [0.15, 0.2) is 24.3 Å². The first kappa shape index (κ1) is 14.7. The molecular formula is C14H17ClO3. The lowest BCUT2D eigenvalue weighted by molar-refractivity contribution is -0.151. The van der Waals surface area contributed by atoms with Crippen LogP contribution in [0.25, 0.3) is 0 Å². The molecule has 18 heavy (non-hydrogen) atoms. The molecule has 0 saturated heterocycles. The average molecular weight is 269 g/mol. The monoisotopic (exact) mass is 268 g/mol. The largest absolute Gasteiger partial charge is 0.468 e. The number of carbonyl (C=O) groups excluding carboxylic acids is 2. The molecule has 0 saturated carbocycles. The highest BCUT2D eigenvalue weighted by molar-refractivity contribution is 6.30. The Labute approximate surface area is 112 Å². The van der Waals surface area contributed by atoms with E-state index in [0.717, 1.165) is 5.56 Å². The zero-order valence-electron chi connectivity index (χ0n) is 10.8. The van der Waals surface area contributed by atoms with E-state index in [-0.39, 0.29) is 18.1 Å². The summed E-state index contributed by atoms with van der Waals surface area (Å²) in [6.45, 7) is 3.67. The van der Waals surface area contributed by atoms with Crippen LogP contribution >= 0.6 is 11.6 Å². The number of halogens is 1. The van der Waals surface area contributed by atoms with Crippen molar-refractivity contribution in [1.82, 2.24) is 0 Å². The number of hydrogen-bond acceptors (Lipinski definition) is 3. The van der Waals surface area contributed by atoms with E-state index in [1.165, 1.54) is 7.11 Å². The quantitative estimate of drug-likeness (QED) is 0.609. The first-order valence-electron chi connectivity index (χ1n) is 5.80. The van der Waals surface area contributed by atoms with E-state index in [1.807, 2.05) is 13.8 Å². The van der Waals surface area contributed by atoms with Gasteiger partial charge in [0, 0.05) is 11.4 Å². The minimum atomic E-state index is -0.703. The second kappa shape index (κ2) is 6.55. The van der Waals surface area contributed by atoms with Gasteiger partial charge in [-0.3, -0.25) is 9.59 Å². The van der Waals surface area contributed by atoms with Crippen molar-refractivity contribution in [3.05, 3.63) is 34.9 Å². The van der Waals surface area contributed by atoms with Crippen LogP contribution in [0.1, 0.15) is 19.4 Å². The standard InChI is InChI=1S/C14H17ClO3/c1-9(2)13(14(17)18-3)12(16)8-10-4-6-11(15)7-5-10/h4-7,9,13H,8H2,1-3H3. The second-order valence-electron chi connectivity index (χ2n) is 4.51. The third kappa shape index (κ3) is 3.84. The Kier molecular flexibility index (Phi) is 5.35. The van der Waals surface area contributed by atoms with Crippen LogP contribution in [0.3, 0.4) is 0 Å². The highest BCUT2D eigenvalue weighted by atomic mass is 35.5. The molecule has 0 heterocycles. The van der Waals surface area contributed by atoms with E-state index in [1.54, 1.807) is 24.3 Å². The van der Waals surface area contributed by atoms with Crippen LogP contribution in [0.4, 0.5) is 0 Å². The number of esters is 1. The van der Waals surface area contributed by atoms with Crippen molar-refractivity contribution < 1.29 is 14.3 Å². The molecule has 4 heteroatoms. The summed E-state index contributed by atoms with van der Waals surface area (Å²) in [5.41, 5.74) is 0.846. The van der Waals surface area contributed by atoms with Crippen molar-refractivity contribution >= 4 is 23.4 Å². The summed E-state index contributed by atoms with van der Waals surface area (Å²) in [6.07, 6.45) is 0.217. The summed E-state index contributed by atoms with van der Waals surface area (Å²) in [4.78, 5) is 23.7. The van der Waals surface area contributed by atoms with Crippen molar-refractivity contribution in [1.29, 1.82) is 0 Å². The first-order chi connectivity index (χ1) is 8.45.